The maximum atomic E-state index is 9.94. The van der Waals surface area contributed by atoms with Crippen molar-refractivity contribution in [3.63, 3.8) is 0 Å². The first kappa shape index (κ1) is 21.6. The lowest BCUT2D eigenvalue weighted by atomic mass is 9.97. The first-order valence-corrected chi connectivity index (χ1v) is 7.08. The predicted octanol–water partition coefficient (Wildman–Crippen LogP) is -5.32. The third-order valence-corrected chi connectivity index (χ3v) is 3.98. The molecule has 0 saturated carbocycles. The lowest BCUT2D eigenvalue weighted by Gasteiger charge is -2.45. The Morgan fingerprint density at radius 2 is 1.25 bits per heavy atom. The molecule has 0 aromatic heterocycles. The van der Waals surface area contributed by atoms with E-state index in [1.54, 1.807) is 0 Å². The number of aliphatic hydroxyl groups is 8. The van der Waals surface area contributed by atoms with Gasteiger partial charge >= 0.3 is 0 Å². The summed E-state index contributed by atoms with van der Waals surface area (Å²) >= 11 is 0. The van der Waals surface area contributed by atoms with Crippen molar-refractivity contribution in [1.82, 2.24) is 0 Å². The Balaban J connectivity index is 0.00000288. The predicted molar refractivity (Wildman–Crippen MR) is 71.9 cm³/mol. The molecule has 2 heterocycles. The van der Waals surface area contributed by atoms with Crippen LogP contribution in [-0.4, -0.2) is 115 Å². The summed E-state index contributed by atoms with van der Waals surface area (Å²) in [6.45, 7) is -1.35. The summed E-state index contributed by atoms with van der Waals surface area (Å²) in [5.74, 6) is 0. The SMILES string of the molecule is OC[C@H]1O[C@@H](O[C@H]2[C@H](O)[C@@H](O)C(O)O[C@@H]2CO)[C@H](O)[C@@H](O)[C@H]1O.[C]. The summed E-state index contributed by atoms with van der Waals surface area (Å²) in [5.41, 5.74) is 0. The maximum absolute atomic E-state index is 9.94. The summed E-state index contributed by atoms with van der Waals surface area (Å²) in [6, 6.07) is 0. The van der Waals surface area contributed by atoms with Gasteiger partial charge in [-0.15, -0.1) is 0 Å². The van der Waals surface area contributed by atoms with Crippen molar-refractivity contribution in [2.75, 3.05) is 13.2 Å². The topological polar surface area (TPSA) is 190 Å². The minimum absolute atomic E-state index is 0. The Morgan fingerprint density at radius 3 is 1.79 bits per heavy atom. The molecule has 2 fully saturated rings. The Labute approximate surface area is 138 Å². The van der Waals surface area contributed by atoms with Crippen LogP contribution in [-0.2, 0) is 14.2 Å². The van der Waals surface area contributed by atoms with E-state index < -0.39 is 74.6 Å². The summed E-state index contributed by atoms with van der Waals surface area (Å²) in [5, 5.41) is 76.5. The Morgan fingerprint density at radius 1 is 0.667 bits per heavy atom. The van der Waals surface area contributed by atoms with Crippen molar-refractivity contribution < 1.29 is 55.1 Å². The Bertz CT molecular complexity index is 379. The van der Waals surface area contributed by atoms with E-state index in [1.165, 1.54) is 0 Å². The van der Waals surface area contributed by atoms with E-state index in [-0.39, 0.29) is 7.43 Å². The normalized spacial score (nSPS) is 49.5. The van der Waals surface area contributed by atoms with Crippen LogP contribution in [0.5, 0.6) is 0 Å². The number of ether oxygens (including phenoxy) is 3. The molecule has 2 rings (SSSR count). The van der Waals surface area contributed by atoms with Crippen LogP contribution in [0, 0.1) is 7.43 Å². The highest BCUT2D eigenvalue weighted by molar-refractivity contribution is 4.93. The molecular weight excluding hydrogens is 332 g/mol. The molecule has 1 unspecified atom stereocenters. The minimum atomic E-state index is -1.74. The van der Waals surface area contributed by atoms with Gasteiger partial charge in [0.05, 0.1) is 13.2 Å². The second kappa shape index (κ2) is 8.78. The molecule has 0 bridgehead atoms. The molecule has 0 spiro atoms. The van der Waals surface area contributed by atoms with Crippen molar-refractivity contribution >= 4 is 0 Å². The first-order chi connectivity index (χ1) is 10.8. The van der Waals surface area contributed by atoms with E-state index in [2.05, 4.69) is 0 Å². The van der Waals surface area contributed by atoms with Crippen molar-refractivity contribution in [3.05, 3.63) is 7.43 Å². The molecule has 11 nitrogen and oxygen atoms in total. The molecule has 0 aromatic rings. The lowest BCUT2D eigenvalue weighted by Crippen LogP contribution is -2.64. The van der Waals surface area contributed by atoms with Gasteiger partial charge in [0.15, 0.2) is 12.6 Å². The van der Waals surface area contributed by atoms with Crippen molar-refractivity contribution in [1.29, 1.82) is 0 Å². The van der Waals surface area contributed by atoms with Crippen molar-refractivity contribution in [3.8, 4) is 0 Å². The summed E-state index contributed by atoms with van der Waals surface area (Å²) in [6.07, 6.45) is -15.6. The molecule has 8 N–H and O–H groups in total. The van der Waals surface area contributed by atoms with Gasteiger partial charge in [-0.2, -0.15) is 0 Å². The molecule has 0 aromatic carbocycles. The second-order valence-corrected chi connectivity index (χ2v) is 5.53. The van der Waals surface area contributed by atoms with E-state index in [4.69, 9.17) is 19.3 Å². The van der Waals surface area contributed by atoms with Gasteiger partial charge in [0, 0.05) is 7.43 Å². The largest absolute Gasteiger partial charge is 0.394 e. The third-order valence-electron chi connectivity index (χ3n) is 3.98. The van der Waals surface area contributed by atoms with Crippen molar-refractivity contribution in [2.45, 2.75) is 61.4 Å². The fourth-order valence-electron chi connectivity index (χ4n) is 2.57. The van der Waals surface area contributed by atoms with Crippen LogP contribution in [0.4, 0.5) is 0 Å². The maximum Gasteiger partial charge on any atom is 0.187 e. The molecule has 11 heteroatoms. The first-order valence-electron chi connectivity index (χ1n) is 7.08. The molecule has 0 amide bonds. The fourth-order valence-corrected chi connectivity index (χ4v) is 2.57. The smallest absolute Gasteiger partial charge is 0.187 e. The average Bonchev–Trinajstić information content (AvgIpc) is 2.55. The zero-order valence-electron chi connectivity index (χ0n) is 12.5. The zero-order valence-corrected chi connectivity index (χ0v) is 12.5. The van der Waals surface area contributed by atoms with Crippen LogP contribution >= 0.6 is 0 Å². The summed E-state index contributed by atoms with van der Waals surface area (Å²) < 4.78 is 15.3. The van der Waals surface area contributed by atoms with Gasteiger partial charge < -0.3 is 55.1 Å². The highest BCUT2D eigenvalue weighted by atomic mass is 16.7. The van der Waals surface area contributed by atoms with Gasteiger partial charge in [0.2, 0.25) is 0 Å². The minimum Gasteiger partial charge on any atom is -0.394 e. The molecule has 24 heavy (non-hydrogen) atoms. The molecule has 10 atom stereocenters. The monoisotopic (exact) mass is 354 g/mol. The standard InChI is InChI=1S/C12H22O11.C/c13-1-3-5(15)6(16)9(19)12(22-3)23-10-4(2-14)21-11(20)8(18)7(10)17;/h3-20H,1-2H2;/t3-,4-,5+,6+,7-,8-,9-,10-,11?,12+;/m1./s1. The fraction of sp³-hybridized carbons (Fsp3) is 0.923. The highest BCUT2D eigenvalue weighted by Crippen LogP contribution is 2.28. The molecule has 140 valence electrons. The summed E-state index contributed by atoms with van der Waals surface area (Å²) in [7, 11) is 0. The van der Waals surface area contributed by atoms with Gasteiger partial charge in [0.25, 0.3) is 0 Å². The number of aliphatic hydroxyl groups excluding tert-OH is 8. The molecule has 2 saturated heterocycles. The van der Waals surface area contributed by atoms with Gasteiger partial charge in [0.1, 0.15) is 48.8 Å². The highest BCUT2D eigenvalue weighted by Gasteiger charge is 2.50. The van der Waals surface area contributed by atoms with Crippen LogP contribution in [0.25, 0.3) is 0 Å². The molecular formula is C13H22O11. The average molecular weight is 354 g/mol. The van der Waals surface area contributed by atoms with Crippen LogP contribution < -0.4 is 0 Å². The van der Waals surface area contributed by atoms with Crippen molar-refractivity contribution in [2.24, 2.45) is 0 Å². The van der Waals surface area contributed by atoms with E-state index in [0.29, 0.717) is 0 Å². The van der Waals surface area contributed by atoms with Gasteiger partial charge in [-0.3, -0.25) is 0 Å². The number of rotatable bonds is 4. The quantitative estimate of drug-likeness (QED) is 0.241. The number of hydrogen-bond donors (Lipinski definition) is 8. The van der Waals surface area contributed by atoms with E-state index in [9.17, 15) is 35.7 Å². The van der Waals surface area contributed by atoms with Crippen LogP contribution in [0.1, 0.15) is 0 Å². The third kappa shape index (κ3) is 4.03. The molecule has 0 aliphatic carbocycles. The van der Waals surface area contributed by atoms with E-state index in [1.807, 2.05) is 0 Å². The van der Waals surface area contributed by atoms with E-state index in [0.717, 1.165) is 0 Å². The second-order valence-electron chi connectivity index (χ2n) is 5.53. The van der Waals surface area contributed by atoms with Crippen LogP contribution in [0.3, 0.4) is 0 Å². The van der Waals surface area contributed by atoms with Gasteiger partial charge in [-0.05, 0) is 0 Å². The molecule has 2 aliphatic rings. The van der Waals surface area contributed by atoms with Gasteiger partial charge in [-0.1, -0.05) is 0 Å². The summed E-state index contributed by atoms with van der Waals surface area (Å²) in [4.78, 5) is 0. The van der Waals surface area contributed by atoms with Gasteiger partial charge in [-0.25, -0.2) is 0 Å². The zero-order chi connectivity index (χ0) is 17.3. The lowest BCUT2D eigenvalue weighted by molar-refractivity contribution is -0.355. The van der Waals surface area contributed by atoms with Crippen LogP contribution in [0.2, 0.25) is 0 Å². The molecule has 4 radical (unpaired) electrons. The Hall–Kier alpha value is -0.440. The van der Waals surface area contributed by atoms with E-state index >= 15 is 0 Å². The number of hydrogen-bond acceptors (Lipinski definition) is 11. The molecule has 2 aliphatic heterocycles. The van der Waals surface area contributed by atoms with Crippen LogP contribution in [0.15, 0.2) is 0 Å². The Kier molecular flexibility index (Phi) is 7.90.